The lowest BCUT2D eigenvalue weighted by Crippen LogP contribution is -2.26. The first-order valence-electron chi connectivity index (χ1n) is 7.65. The molecule has 3 atom stereocenters. The van der Waals surface area contributed by atoms with Gasteiger partial charge >= 0.3 is 0 Å². The molecule has 0 saturated heterocycles. The highest BCUT2D eigenvalue weighted by Crippen LogP contribution is 2.49. The number of benzene rings is 1. The molecule has 1 aromatic rings. The fourth-order valence-electron chi connectivity index (χ4n) is 3.96. The largest absolute Gasteiger partial charge is 0.352 e. The molecule has 2 aliphatic carbocycles. The van der Waals surface area contributed by atoms with E-state index in [-0.39, 0.29) is 5.91 Å². The molecule has 0 aromatic heterocycles. The predicted molar refractivity (Wildman–Crippen MR) is 84.5 cm³/mol. The Labute approximate surface area is 129 Å². The zero-order valence-electron chi connectivity index (χ0n) is 11.8. The molecule has 0 radical (unpaired) electrons. The summed E-state index contributed by atoms with van der Waals surface area (Å²) in [5, 5.41) is 3.94. The first-order valence-corrected chi connectivity index (χ1v) is 8.77. The highest BCUT2D eigenvalue weighted by molar-refractivity contribution is 9.08. The smallest absolute Gasteiger partial charge is 0.220 e. The molecule has 2 fully saturated rings. The minimum absolute atomic E-state index is 0.229. The van der Waals surface area contributed by atoms with Gasteiger partial charge in [-0.15, -0.1) is 0 Å². The summed E-state index contributed by atoms with van der Waals surface area (Å²) in [6.07, 6.45) is 6.17. The molecule has 20 heavy (non-hydrogen) atoms. The second kappa shape index (κ2) is 6.30. The SMILES string of the molecule is O=C(CC1CC2CCC1C2)NCc1cccc(CBr)c1. The number of carbonyl (C=O) groups is 1. The molecule has 1 amide bonds. The first-order chi connectivity index (χ1) is 9.74. The number of hydrogen-bond acceptors (Lipinski definition) is 1. The topological polar surface area (TPSA) is 29.1 Å². The van der Waals surface area contributed by atoms with E-state index in [4.69, 9.17) is 0 Å². The van der Waals surface area contributed by atoms with Crippen molar-refractivity contribution < 1.29 is 4.79 Å². The van der Waals surface area contributed by atoms with E-state index in [9.17, 15) is 4.79 Å². The Morgan fingerprint density at radius 2 is 2.10 bits per heavy atom. The highest BCUT2D eigenvalue weighted by Gasteiger charge is 2.39. The Kier molecular flexibility index (Phi) is 4.45. The van der Waals surface area contributed by atoms with E-state index < -0.39 is 0 Å². The van der Waals surface area contributed by atoms with Crippen molar-refractivity contribution in [2.75, 3.05) is 0 Å². The summed E-state index contributed by atoms with van der Waals surface area (Å²) in [5.41, 5.74) is 2.44. The third kappa shape index (κ3) is 3.25. The van der Waals surface area contributed by atoms with Gasteiger partial charge in [0.15, 0.2) is 0 Å². The summed E-state index contributed by atoms with van der Waals surface area (Å²) < 4.78 is 0. The number of halogens is 1. The average Bonchev–Trinajstić information content (AvgIpc) is 3.08. The molecule has 0 heterocycles. The van der Waals surface area contributed by atoms with Crippen molar-refractivity contribution in [3.8, 4) is 0 Å². The lowest BCUT2D eigenvalue weighted by molar-refractivity contribution is -0.122. The number of fused-ring (bicyclic) bond motifs is 2. The van der Waals surface area contributed by atoms with Crippen molar-refractivity contribution in [3.05, 3.63) is 35.4 Å². The predicted octanol–water partition coefficient (Wildman–Crippen LogP) is 4.02. The van der Waals surface area contributed by atoms with Gasteiger partial charge in [0.05, 0.1) is 0 Å². The van der Waals surface area contributed by atoms with Crippen molar-refractivity contribution in [2.45, 2.75) is 44.0 Å². The number of nitrogens with one attached hydrogen (secondary N) is 1. The van der Waals surface area contributed by atoms with E-state index in [1.54, 1.807) is 0 Å². The Hall–Kier alpha value is -0.830. The highest BCUT2D eigenvalue weighted by atomic mass is 79.9. The quantitative estimate of drug-likeness (QED) is 0.809. The van der Waals surface area contributed by atoms with Gasteiger partial charge < -0.3 is 5.32 Å². The van der Waals surface area contributed by atoms with E-state index in [0.717, 1.165) is 23.6 Å². The molecule has 2 nitrogen and oxygen atoms in total. The molecular weight excluding hydrogens is 314 g/mol. The minimum Gasteiger partial charge on any atom is -0.352 e. The molecule has 1 N–H and O–H groups in total. The normalized spacial score (nSPS) is 27.8. The van der Waals surface area contributed by atoms with Crippen molar-refractivity contribution in [1.29, 1.82) is 0 Å². The van der Waals surface area contributed by atoms with Crippen LogP contribution in [0.25, 0.3) is 0 Å². The summed E-state index contributed by atoms with van der Waals surface area (Å²) >= 11 is 3.46. The molecule has 3 heteroatoms. The van der Waals surface area contributed by atoms with Crippen molar-refractivity contribution in [2.24, 2.45) is 17.8 Å². The van der Waals surface area contributed by atoms with Gasteiger partial charge in [-0.2, -0.15) is 0 Å². The van der Waals surface area contributed by atoms with E-state index >= 15 is 0 Å². The van der Waals surface area contributed by atoms with Gasteiger partial charge in [0, 0.05) is 18.3 Å². The van der Waals surface area contributed by atoms with E-state index in [2.05, 4.69) is 39.4 Å². The number of rotatable bonds is 5. The molecule has 0 spiro atoms. The van der Waals surface area contributed by atoms with Crippen molar-refractivity contribution >= 4 is 21.8 Å². The maximum absolute atomic E-state index is 12.1. The summed E-state index contributed by atoms with van der Waals surface area (Å²) in [6, 6.07) is 8.36. The molecule has 0 aliphatic heterocycles. The number of carbonyl (C=O) groups excluding carboxylic acids is 1. The average molecular weight is 336 g/mol. The van der Waals surface area contributed by atoms with Crippen molar-refractivity contribution in [1.82, 2.24) is 5.32 Å². The van der Waals surface area contributed by atoms with Gasteiger partial charge in [-0.1, -0.05) is 46.6 Å². The lowest BCUT2D eigenvalue weighted by atomic mass is 9.86. The van der Waals surface area contributed by atoms with Gasteiger partial charge in [0.2, 0.25) is 5.91 Å². The Balaban J connectivity index is 1.47. The second-order valence-electron chi connectivity index (χ2n) is 6.37. The molecule has 2 saturated carbocycles. The molecule has 2 bridgehead atoms. The van der Waals surface area contributed by atoms with Crippen LogP contribution in [-0.2, 0) is 16.7 Å². The van der Waals surface area contributed by atoms with E-state index in [1.807, 2.05) is 6.07 Å². The third-order valence-electron chi connectivity index (χ3n) is 4.97. The zero-order chi connectivity index (χ0) is 13.9. The number of amides is 1. The molecule has 1 aromatic carbocycles. The molecule has 2 aliphatic rings. The Bertz CT molecular complexity index is 488. The molecule has 3 rings (SSSR count). The van der Waals surface area contributed by atoms with Gasteiger partial charge in [0.1, 0.15) is 0 Å². The second-order valence-corrected chi connectivity index (χ2v) is 6.93. The maximum Gasteiger partial charge on any atom is 0.220 e. The number of alkyl halides is 1. The van der Waals surface area contributed by atoms with E-state index in [0.29, 0.717) is 12.5 Å². The van der Waals surface area contributed by atoms with Crippen molar-refractivity contribution in [3.63, 3.8) is 0 Å². The molecule has 3 unspecified atom stereocenters. The lowest BCUT2D eigenvalue weighted by Gasteiger charge is -2.20. The van der Waals surface area contributed by atoms with Crippen LogP contribution < -0.4 is 5.32 Å². The zero-order valence-corrected chi connectivity index (χ0v) is 13.4. The minimum atomic E-state index is 0.229. The van der Waals surface area contributed by atoms with Crippen LogP contribution >= 0.6 is 15.9 Å². The maximum atomic E-state index is 12.1. The fraction of sp³-hybridized carbons (Fsp3) is 0.588. The van der Waals surface area contributed by atoms with Crippen LogP contribution in [-0.4, -0.2) is 5.91 Å². The van der Waals surface area contributed by atoms with Crippen LogP contribution in [0.2, 0.25) is 0 Å². The van der Waals surface area contributed by atoms with Crippen LogP contribution in [0.15, 0.2) is 24.3 Å². The van der Waals surface area contributed by atoms with Crippen LogP contribution in [0.4, 0.5) is 0 Å². The van der Waals surface area contributed by atoms with Gasteiger partial charge in [-0.05, 0) is 48.1 Å². The standard InChI is InChI=1S/C17H22BrNO/c18-10-13-2-1-3-14(6-13)11-19-17(20)9-16-8-12-4-5-15(16)7-12/h1-3,6,12,15-16H,4-5,7-11H2,(H,19,20). The van der Waals surface area contributed by atoms with Gasteiger partial charge in [-0.25, -0.2) is 0 Å². The van der Waals surface area contributed by atoms with E-state index in [1.165, 1.54) is 36.8 Å². The van der Waals surface area contributed by atoms with Crippen LogP contribution in [0, 0.1) is 17.8 Å². The molecular formula is C17H22BrNO. The number of hydrogen-bond donors (Lipinski definition) is 1. The summed E-state index contributed by atoms with van der Waals surface area (Å²) in [4.78, 5) is 12.1. The summed E-state index contributed by atoms with van der Waals surface area (Å²) in [7, 11) is 0. The summed E-state index contributed by atoms with van der Waals surface area (Å²) in [5.74, 6) is 2.64. The van der Waals surface area contributed by atoms with Crippen LogP contribution in [0.5, 0.6) is 0 Å². The Morgan fingerprint density at radius 3 is 2.80 bits per heavy atom. The van der Waals surface area contributed by atoms with Gasteiger partial charge in [0.25, 0.3) is 0 Å². The monoisotopic (exact) mass is 335 g/mol. The molecule has 108 valence electrons. The van der Waals surface area contributed by atoms with Crippen LogP contribution in [0.1, 0.15) is 43.2 Å². The Morgan fingerprint density at radius 1 is 1.25 bits per heavy atom. The fourth-order valence-corrected chi connectivity index (χ4v) is 4.31. The third-order valence-corrected chi connectivity index (χ3v) is 5.61. The summed E-state index contributed by atoms with van der Waals surface area (Å²) in [6.45, 7) is 0.653. The van der Waals surface area contributed by atoms with Gasteiger partial charge in [-0.3, -0.25) is 4.79 Å². The van der Waals surface area contributed by atoms with Crippen LogP contribution in [0.3, 0.4) is 0 Å². The first kappa shape index (κ1) is 14.1.